The van der Waals surface area contributed by atoms with Gasteiger partial charge in [-0.1, -0.05) is 32.0 Å². The Hall–Kier alpha value is -1.77. The van der Waals surface area contributed by atoms with Crippen molar-refractivity contribution in [2.75, 3.05) is 18.5 Å². The van der Waals surface area contributed by atoms with Crippen LogP contribution in [-0.4, -0.2) is 23.1 Å². The Morgan fingerprint density at radius 2 is 2.05 bits per heavy atom. The van der Waals surface area contributed by atoms with Crippen molar-refractivity contribution in [1.29, 1.82) is 0 Å². The number of rotatable bonds is 2. The Balaban J connectivity index is 0.000000637. The molecule has 1 unspecified atom stereocenters. The molecule has 0 N–H and O–H groups in total. The summed E-state index contributed by atoms with van der Waals surface area (Å²) in [6.07, 6.45) is 6.96. The lowest BCUT2D eigenvalue weighted by Crippen LogP contribution is -2.34. The zero-order chi connectivity index (χ0) is 13.7. The maximum Gasteiger partial charge on any atom is 0.0946 e. The average molecular weight is 257 g/mol. The van der Waals surface area contributed by atoms with E-state index >= 15 is 0 Å². The molecule has 1 aromatic heterocycles. The molecule has 0 bridgehead atoms. The van der Waals surface area contributed by atoms with Crippen molar-refractivity contribution in [3.8, 4) is 0 Å². The highest BCUT2D eigenvalue weighted by Gasteiger charge is 2.21. The first-order valence-electron chi connectivity index (χ1n) is 7.08. The third kappa shape index (κ3) is 3.16. The maximum absolute atomic E-state index is 4.10. The van der Waals surface area contributed by atoms with Crippen LogP contribution in [0.2, 0.25) is 0 Å². The van der Waals surface area contributed by atoms with Gasteiger partial charge in [0.1, 0.15) is 0 Å². The lowest BCUT2D eigenvalue weighted by Gasteiger charge is -2.33. The minimum Gasteiger partial charge on any atom is -0.374 e. The van der Waals surface area contributed by atoms with E-state index in [1.54, 1.807) is 0 Å². The maximum atomic E-state index is 4.10. The second kappa shape index (κ2) is 6.41. The number of imidazole rings is 1. The first-order valence-corrected chi connectivity index (χ1v) is 7.08. The Kier molecular flexibility index (Phi) is 4.61. The number of hydrogen-bond donors (Lipinski definition) is 0. The fourth-order valence-electron chi connectivity index (χ4n) is 2.73. The number of aromatic nitrogens is 2. The van der Waals surface area contributed by atoms with Gasteiger partial charge in [-0.05, 0) is 24.0 Å². The van der Waals surface area contributed by atoms with Crippen LogP contribution in [0.4, 0.5) is 5.69 Å². The van der Waals surface area contributed by atoms with Gasteiger partial charge in [0.15, 0.2) is 0 Å². The molecule has 0 fully saturated rings. The van der Waals surface area contributed by atoms with Gasteiger partial charge in [-0.2, -0.15) is 0 Å². The van der Waals surface area contributed by atoms with Crippen LogP contribution in [0.15, 0.2) is 43.0 Å². The highest BCUT2D eigenvalue weighted by atomic mass is 15.1. The van der Waals surface area contributed by atoms with E-state index in [2.05, 4.69) is 45.8 Å². The SMILES string of the molecule is CC.CN1CC(Cn2ccnc2)Cc2ccccc21. The van der Waals surface area contributed by atoms with E-state index in [1.807, 2.05) is 32.6 Å². The summed E-state index contributed by atoms with van der Waals surface area (Å²) in [5.41, 5.74) is 2.85. The molecular formula is C16H23N3. The second-order valence-corrected chi connectivity index (χ2v) is 4.84. The Labute approximate surface area is 115 Å². The fourth-order valence-corrected chi connectivity index (χ4v) is 2.73. The zero-order valence-corrected chi connectivity index (χ0v) is 12.1. The van der Waals surface area contributed by atoms with Gasteiger partial charge in [0.2, 0.25) is 0 Å². The number of hydrogen-bond acceptors (Lipinski definition) is 2. The predicted molar refractivity (Wildman–Crippen MR) is 80.5 cm³/mol. The summed E-state index contributed by atoms with van der Waals surface area (Å²) in [4.78, 5) is 6.46. The lowest BCUT2D eigenvalue weighted by atomic mass is 9.93. The molecule has 1 aliphatic heterocycles. The van der Waals surface area contributed by atoms with Gasteiger partial charge in [0, 0.05) is 38.2 Å². The van der Waals surface area contributed by atoms with Crippen molar-refractivity contribution in [2.45, 2.75) is 26.8 Å². The number of fused-ring (bicyclic) bond motifs is 1. The van der Waals surface area contributed by atoms with E-state index < -0.39 is 0 Å². The minimum atomic E-state index is 0.670. The van der Waals surface area contributed by atoms with Gasteiger partial charge in [-0.15, -0.1) is 0 Å². The van der Waals surface area contributed by atoms with Crippen LogP contribution >= 0.6 is 0 Å². The zero-order valence-electron chi connectivity index (χ0n) is 12.1. The van der Waals surface area contributed by atoms with Crippen LogP contribution in [0.1, 0.15) is 19.4 Å². The first kappa shape index (κ1) is 13.7. The fraction of sp³-hybridized carbons (Fsp3) is 0.438. The standard InChI is InChI=1S/C14H17N3.C2H6/c1-16-9-12(10-17-7-6-15-11-17)8-13-4-2-3-5-14(13)16;1-2/h2-7,11-12H,8-10H2,1H3;1-2H3. The summed E-state index contributed by atoms with van der Waals surface area (Å²) in [5, 5.41) is 0. The number of para-hydroxylation sites is 1. The molecule has 1 aliphatic rings. The lowest BCUT2D eigenvalue weighted by molar-refractivity contribution is 0.430. The highest BCUT2D eigenvalue weighted by Crippen LogP contribution is 2.28. The Morgan fingerprint density at radius 3 is 2.79 bits per heavy atom. The molecule has 0 amide bonds. The van der Waals surface area contributed by atoms with Crippen LogP contribution in [0.3, 0.4) is 0 Å². The van der Waals surface area contributed by atoms with E-state index in [9.17, 15) is 0 Å². The normalized spacial score (nSPS) is 17.4. The summed E-state index contributed by atoms with van der Waals surface area (Å²) in [7, 11) is 2.18. The van der Waals surface area contributed by atoms with Gasteiger partial charge in [0.05, 0.1) is 6.33 Å². The summed E-state index contributed by atoms with van der Waals surface area (Å²) >= 11 is 0. The first-order chi connectivity index (χ1) is 9.33. The third-order valence-electron chi connectivity index (χ3n) is 3.47. The van der Waals surface area contributed by atoms with Crippen molar-refractivity contribution < 1.29 is 0 Å². The smallest absolute Gasteiger partial charge is 0.0946 e. The van der Waals surface area contributed by atoms with Crippen molar-refractivity contribution in [3.05, 3.63) is 48.5 Å². The Morgan fingerprint density at radius 1 is 1.26 bits per heavy atom. The minimum absolute atomic E-state index is 0.670. The van der Waals surface area contributed by atoms with Crippen molar-refractivity contribution in [1.82, 2.24) is 9.55 Å². The number of nitrogens with zero attached hydrogens (tertiary/aromatic N) is 3. The number of benzene rings is 1. The summed E-state index contributed by atoms with van der Waals surface area (Å²) in [6, 6.07) is 8.70. The molecule has 3 heteroatoms. The van der Waals surface area contributed by atoms with E-state index in [-0.39, 0.29) is 0 Å². The molecule has 19 heavy (non-hydrogen) atoms. The van der Waals surface area contributed by atoms with E-state index in [4.69, 9.17) is 0 Å². The van der Waals surface area contributed by atoms with Crippen molar-refractivity contribution in [2.24, 2.45) is 5.92 Å². The molecule has 1 atom stereocenters. The van der Waals surface area contributed by atoms with E-state index in [1.165, 1.54) is 17.7 Å². The Bertz CT molecular complexity index is 490. The number of anilines is 1. The van der Waals surface area contributed by atoms with E-state index in [0.29, 0.717) is 5.92 Å². The van der Waals surface area contributed by atoms with Gasteiger partial charge in [0.25, 0.3) is 0 Å². The molecule has 3 rings (SSSR count). The van der Waals surface area contributed by atoms with Gasteiger partial charge >= 0.3 is 0 Å². The second-order valence-electron chi connectivity index (χ2n) is 4.84. The molecule has 2 heterocycles. The third-order valence-corrected chi connectivity index (χ3v) is 3.47. The van der Waals surface area contributed by atoms with Crippen molar-refractivity contribution in [3.63, 3.8) is 0 Å². The van der Waals surface area contributed by atoms with Crippen LogP contribution in [0.25, 0.3) is 0 Å². The molecule has 0 saturated carbocycles. The van der Waals surface area contributed by atoms with Gasteiger partial charge < -0.3 is 9.47 Å². The molecule has 0 aliphatic carbocycles. The van der Waals surface area contributed by atoms with Crippen LogP contribution in [0, 0.1) is 5.92 Å². The van der Waals surface area contributed by atoms with Crippen LogP contribution in [0.5, 0.6) is 0 Å². The summed E-state index contributed by atoms with van der Waals surface area (Å²) in [5.74, 6) is 0.670. The van der Waals surface area contributed by atoms with Crippen LogP contribution < -0.4 is 4.90 Å². The molecule has 2 aromatic rings. The summed E-state index contributed by atoms with van der Waals surface area (Å²) < 4.78 is 2.17. The topological polar surface area (TPSA) is 21.1 Å². The van der Waals surface area contributed by atoms with E-state index in [0.717, 1.165) is 13.1 Å². The molecule has 102 valence electrons. The molecule has 0 spiro atoms. The largest absolute Gasteiger partial charge is 0.374 e. The predicted octanol–water partition coefficient (Wildman–Crippen LogP) is 3.22. The molecule has 3 nitrogen and oxygen atoms in total. The quantitative estimate of drug-likeness (QED) is 0.823. The molecule has 0 radical (unpaired) electrons. The average Bonchev–Trinajstić information content (AvgIpc) is 2.94. The van der Waals surface area contributed by atoms with Gasteiger partial charge in [-0.25, -0.2) is 4.98 Å². The van der Waals surface area contributed by atoms with Crippen molar-refractivity contribution >= 4 is 5.69 Å². The van der Waals surface area contributed by atoms with Gasteiger partial charge in [-0.3, -0.25) is 0 Å². The summed E-state index contributed by atoms with van der Waals surface area (Å²) in [6.45, 7) is 6.17. The molecule has 0 saturated heterocycles. The monoisotopic (exact) mass is 257 g/mol. The highest BCUT2D eigenvalue weighted by molar-refractivity contribution is 5.55. The van der Waals surface area contributed by atoms with Crippen LogP contribution in [-0.2, 0) is 13.0 Å². The molecule has 1 aromatic carbocycles. The molecular weight excluding hydrogens is 234 g/mol.